The van der Waals surface area contributed by atoms with E-state index < -0.39 is 0 Å². The molecule has 1 amide bonds. The number of carbonyl (C=O) groups excluding carboxylic acids is 1. The summed E-state index contributed by atoms with van der Waals surface area (Å²) in [5, 5.41) is 12.0. The number of nitrogens with zero attached hydrogens (tertiary/aromatic N) is 2. The van der Waals surface area contributed by atoms with Gasteiger partial charge in [0.15, 0.2) is 0 Å². The Morgan fingerprint density at radius 1 is 1.26 bits per heavy atom. The molecule has 1 rings (SSSR count). The molecule has 2 atom stereocenters. The van der Waals surface area contributed by atoms with Crippen molar-refractivity contribution in [1.29, 1.82) is 0 Å². The molecule has 0 aromatic rings. The maximum Gasteiger partial charge on any atom is 0.237 e. The van der Waals surface area contributed by atoms with E-state index in [1.165, 1.54) is 0 Å². The van der Waals surface area contributed by atoms with Gasteiger partial charge in [0.1, 0.15) is 0 Å². The summed E-state index contributed by atoms with van der Waals surface area (Å²) < 4.78 is 0. The van der Waals surface area contributed by atoms with Crippen LogP contribution in [0.3, 0.4) is 0 Å². The molecule has 0 bridgehead atoms. The Hall–Kier alpha value is -0.650. The van der Waals surface area contributed by atoms with E-state index in [0.717, 1.165) is 45.6 Å². The third-order valence-electron chi connectivity index (χ3n) is 3.86. The number of carbonyl (C=O) groups is 1. The van der Waals surface area contributed by atoms with Gasteiger partial charge in [0.2, 0.25) is 5.91 Å². The zero-order valence-electron chi connectivity index (χ0n) is 12.6. The van der Waals surface area contributed by atoms with Gasteiger partial charge in [-0.15, -0.1) is 0 Å². The average Bonchev–Trinajstić information content (AvgIpc) is 2.39. The first kappa shape index (κ1) is 16.4. The second-order valence-corrected chi connectivity index (χ2v) is 5.48. The molecular weight excluding hydrogens is 242 g/mol. The van der Waals surface area contributed by atoms with Crippen LogP contribution in [0.5, 0.6) is 0 Å². The van der Waals surface area contributed by atoms with Crippen LogP contribution in [0, 0.1) is 0 Å². The summed E-state index contributed by atoms with van der Waals surface area (Å²) in [4.78, 5) is 16.6. The molecule has 5 heteroatoms. The second kappa shape index (κ2) is 8.51. The first-order valence-electron chi connectivity index (χ1n) is 7.46. The van der Waals surface area contributed by atoms with E-state index in [9.17, 15) is 4.79 Å². The van der Waals surface area contributed by atoms with Gasteiger partial charge in [-0.2, -0.15) is 0 Å². The monoisotopic (exact) mass is 271 g/mol. The molecule has 2 unspecified atom stereocenters. The van der Waals surface area contributed by atoms with Crippen molar-refractivity contribution in [1.82, 2.24) is 15.1 Å². The molecule has 0 aromatic heterocycles. The van der Waals surface area contributed by atoms with E-state index in [1.807, 2.05) is 6.92 Å². The van der Waals surface area contributed by atoms with E-state index in [0.29, 0.717) is 0 Å². The van der Waals surface area contributed by atoms with Crippen molar-refractivity contribution in [3.05, 3.63) is 0 Å². The lowest BCUT2D eigenvalue weighted by Gasteiger charge is -2.37. The molecule has 1 aliphatic rings. The van der Waals surface area contributed by atoms with E-state index >= 15 is 0 Å². The van der Waals surface area contributed by atoms with Crippen molar-refractivity contribution < 1.29 is 9.90 Å². The average molecular weight is 271 g/mol. The maximum absolute atomic E-state index is 12.1. The van der Waals surface area contributed by atoms with Crippen LogP contribution in [0.1, 0.15) is 33.6 Å². The Balaban J connectivity index is 2.33. The number of hydrogen-bond acceptors (Lipinski definition) is 4. The Labute approximate surface area is 117 Å². The lowest BCUT2D eigenvalue weighted by atomic mass is 10.1. The number of aliphatic hydroxyl groups excluding tert-OH is 1. The van der Waals surface area contributed by atoms with Crippen molar-refractivity contribution in [3.63, 3.8) is 0 Å². The van der Waals surface area contributed by atoms with Gasteiger partial charge in [-0.1, -0.05) is 13.3 Å². The number of rotatable bonds is 7. The number of aliphatic hydroxyl groups is 1. The molecule has 112 valence electrons. The van der Waals surface area contributed by atoms with E-state index in [1.54, 1.807) is 0 Å². The van der Waals surface area contributed by atoms with Gasteiger partial charge in [-0.05, 0) is 20.3 Å². The first-order chi connectivity index (χ1) is 9.08. The quantitative estimate of drug-likeness (QED) is 0.699. The molecule has 1 fully saturated rings. The third kappa shape index (κ3) is 5.47. The fourth-order valence-corrected chi connectivity index (χ4v) is 2.55. The molecular formula is C14H29N3O2. The van der Waals surface area contributed by atoms with Crippen LogP contribution in [-0.2, 0) is 4.79 Å². The first-order valence-corrected chi connectivity index (χ1v) is 7.46. The zero-order chi connectivity index (χ0) is 14.3. The molecule has 19 heavy (non-hydrogen) atoms. The van der Waals surface area contributed by atoms with E-state index in [2.05, 4.69) is 29.0 Å². The molecule has 0 aromatic carbocycles. The lowest BCUT2D eigenvalue weighted by Crippen LogP contribution is -2.55. The highest BCUT2D eigenvalue weighted by Gasteiger charge is 2.25. The van der Waals surface area contributed by atoms with Gasteiger partial charge >= 0.3 is 0 Å². The molecule has 5 nitrogen and oxygen atoms in total. The van der Waals surface area contributed by atoms with Crippen LogP contribution in [0.15, 0.2) is 0 Å². The van der Waals surface area contributed by atoms with Gasteiger partial charge < -0.3 is 10.4 Å². The number of piperazine rings is 1. The highest BCUT2D eigenvalue weighted by atomic mass is 16.3. The van der Waals surface area contributed by atoms with Crippen molar-refractivity contribution >= 4 is 5.91 Å². The summed E-state index contributed by atoms with van der Waals surface area (Å²) in [7, 11) is 0. The standard InChI is InChI=1S/C14H29N3O2/c1-4-5-12(2)15-14(19)13(3)17-8-6-16(7-9-17)10-11-18/h12-13,18H,4-11H2,1-3H3,(H,15,19). The Morgan fingerprint density at radius 2 is 1.89 bits per heavy atom. The number of nitrogens with one attached hydrogen (secondary N) is 1. The maximum atomic E-state index is 12.1. The van der Waals surface area contributed by atoms with Gasteiger partial charge in [-0.25, -0.2) is 0 Å². The summed E-state index contributed by atoms with van der Waals surface area (Å²) in [5.41, 5.74) is 0. The summed E-state index contributed by atoms with van der Waals surface area (Å²) in [5.74, 6) is 0.136. The molecule has 1 saturated heterocycles. The number of hydrogen-bond donors (Lipinski definition) is 2. The van der Waals surface area contributed by atoms with Gasteiger partial charge in [0.05, 0.1) is 12.6 Å². The second-order valence-electron chi connectivity index (χ2n) is 5.48. The molecule has 1 heterocycles. The summed E-state index contributed by atoms with van der Waals surface area (Å²) in [6.45, 7) is 10.8. The minimum Gasteiger partial charge on any atom is -0.395 e. The number of β-amino-alcohol motifs (C(OH)–C–C–N with tert-alkyl or cyclic N) is 1. The predicted molar refractivity (Wildman–Crippen MR) is 77.1 cm³/mol. The number of amides is 1. The van der Waals surface area contributed by atoms with Gasteiger partial charge in [0.25, 0.3) is 0 Å². The third-order valence-corrected chi connectivity index (χ3v) is 3.86. The Bertz CT molecular complexity index is 265. The minimum atomic E-state index is -0.0596. The summed E-state index contributed by atoms with van der Waals surface area (Å²) in [6.07, 6.45) is 2.12. The largest absolute Gasteiger partial charge is 0.395 e. The van der Waals surface area contributed by atoms with Crippen LogP contribution in [0.4, 0.5) is 0 Å². The van der Waals surface area contributed by atoms with Crippen LogP contribution < -0.4 is 5.32 Å². The van der Waals surface area contributed by atoms with E-state index in [-0.39, 0.29) is 24.6 Å². The minimum absolute atomic E-state index is 0.0596. The highest BCUT2D eigenvalue weighted by molar-refractivity contribution is 5.81. The fraction of sp³-hybridized carbons (Fsp3) is 0.929. The molecule has 0 radical (unpaired) electrons. The van der Waals surface area contributed by atoms with Crippen molar-refractivity contribution in [2.75, 3.05) is 39.3 Å². The predicted octanol–water partition coefficient (Wildman–Crippen LogP) is 0.290. The molecule has 2 N–H and O–H groups in total. The SMILES string of the molecule is CCCC(C)NC(=O)C(C)N1CCN(CCO)CC1. The molecule has 0 aliphatic carbocycles. The highest BCUT2D eigenvalue weighted by Crippen LogP contribution is 2.07. The van der Waals surface area contributed by atoms with Gasteiger partial charge in [0, 0.05) is 38.8 Å². The summed E-state index contributed by atoms with van der Waals surface area (Å²) >= 11 is 0. The van der Waals surface area contributed by atoms with Crippen molar-refractivity contribution in [3.8, 4) is 0 Å². The van der Waals surface area contributed by atoms with Crippen LogP contribution in [-0.4, -0.2) is 72.2 Å². The van der Waals surface area contributed by atoms with Crippen molar-refractivity contribution in [2.45, 2.75) is 45.7 Å². The van der Waals surface area contributed by atoms with Crippen LogP contribution >= 0.6 is 0 Å². The zero-order valence-corrected chi connectivity index (χ0v) is 12.6. The molecule has 0 spiro atoms. The van der Waals surface area contributed by atoms with Crippen LogP contribution in [0.2, 0.25) is 0 Å². The molecule has 0 saturated carbocycles. The van der Waals surface area contributed by atoms with Crippen molar-refractivity contribution in [2.24, 2.45) is 0 Å². The lowest BCUT2D eigenvalue weighted by molar-refractivity contribution is -0.127. The summed E-state index contributed by atoms with van der Waals surface area (Å²) in [6, 6.07) is 0.200. The molecule has 1 aliphatic heterocycles. The Kier molecular flexibility index (Phi) is 7.34. The van der Waals surface area contributed by atoms with E-state index in [4.69, 9.17) is 5.11 Å². The van der Waals surface area contributed by atoms with Crippen LogP contribution in [0.25, 0.3) is 0 Å². The smallest absolute Gasteiger partial charge is 0.237 e. The van der Waals surface area contributed by atoms with Gasteiger partial charge in [-0.3, -0.25) is 14.6 Å². The fourth-order valence-electron chi connectivity index (χ4n) is 2.55. The Morgan fingerprint density at radius 3 is 2.42 bits per heavy atom. The normalized spacial score (nSPS) is 21.1. The topological polar surface area (TPSA) is 55.8 Å².